The van der Waals surface area contributed by atoms with Crippen LogP contribution in [0, 0.1) is 0 Å². The topological polar surface area (TPSA) is 152 Å². The average Bonchev–Trinajstić information content (AvgIpc) is 3.14. The zero-order valence-electron chi connectivity index (χ0n) is 32.3. The van der Waals surface area contributed by atoms with Crippen LogP contribution in [0.25, 0.3) is 0 Å². The number of hydrogen-bond donors (Lipinski definition) is 4. The van der Waals surface area contributed by atoms with E-state index in [1.807, 2.05) is 0 Å². The minimum Gasteiger partial charge on any atom is -0.462 e. The van der Waals surface area contributed by atoms with Crippen molar-refractivity contribution >= 4 is 11.9 Å². The SMILES string of the molecule is CCCCC/C=C/C/C=C/C/C=C/C/C=C/CCCCCC(=O)OC[C@@H](CO[C@H]1O[C@@H](CO)[C@@H](O)C(O)C1O)OC(=O)CCCCCCCCCC. The molecule has 0 bridgehead atoms. The Bertz CT molecular complexity index is 991. The molecule has 0 aliphatic carbocycles. The molecular weight excluding hydrogens is 664 g/mol. The van der Waals surface area contributed by atoms with Crippen LogP contribution in [0.15, 0.2) is 48.6 Å². The highest BCUT2D eigenvalue weighted by atomic mass is 16.7. The monoisotopic (exact) mass is 737 g/mol. The van der Waals surface area contributed by atoms with Gasteiger partial charge in [-0.05, 0) is 57.8 Å². The lowest BCUT2D eigenvalue weighted by molar-refractivity contribution is -0.305. The maximum absolute atomic E-state index is 12.6. The Labute approximate surface area is 314 Å². The number of rotatable bonds is 32. The second kappa shape index (κ2) is 33.2. The number of esters is 2. The smallest absolute Gasteiger partial charge is 0.306 e. The number of ether oxygens (including phenoxy) is 4. The highest BCUT2D eigenvalue weighted by Crippen LogP contribution is 2.22. The van der Waals surface area contributed by atoms with Gasteiger partial charge < -0.3 is 39.4 Å². The second-order valence-electron chi connectivity index (χ2n) is 13.7. The molecule has 0 amide bonds. The number of aliphatic hydroxyl groups is 4. The van der Waals surface area contributed by atoms with Crippen LogP contribution in [0.4, 0.5) is 0 Å². The first-order valence-electron chi connectivity index (χ1n) is 20.2. The van der Waals surface area contributed by atoms with Gasteiger partial charge in [0.2, 0.25) is 0 Å². The molecule has 1 fully saturated rings. The third-order valence-corrected chi connectivity index (χ3v) is 8.97. The van der Waals surface area contributed by atoms with Crippen molar-refractivity contribution in [3.8, 4) is 0 Å². The van der Waals surface area contributed by atoms with E-state index < -0.39 is 55.4 Å². The Morgan fingerprint density at radius 3 is 1.65 bits per heavy atom. The van der Waals surface area contributed by atoms with Crippen molar-refractivity contribution in [3.63, 3.8) is 0 Å². The maximum atomic E-state index is 12.6. The number of carbonyl (C=O) groups excluding carboxylic acids is 2. The summed E-state index contributed by atoms with van der Waals surface area (Å²) in [5.74, 6) is -0.851. The van der Waals surface area contributed by atoms with Crippen LogP contribution in [-0.2, 0) is 28.5 Å². The van der Waals surface area contributed by atoms with Crippen molar-refractivity contribution in [2.45, 2.75) is 185 Å². The lowest BCUT2D eigenvalue weighted by atomic mass is 9.99. The highest BCUT2D eigenvalue weighted by Gasteiger charge is 2.44. The zero-order valence-corrected chi connectivity index (χ0v) is 32.3. The van der Waals surface area contributed by atoms with Crippen molar-refractivity contribution in [1.29, 1.82) is 0 Å². The van der Waals surface area contributed by atoms with E-state index in [4.69, 9.17) is 18.9 Å². The van der Waals surface area contributed by atoms with Crippen LogP contribution >= 0.6 is 0 Å². The Morgan fingerprint density at radius 2 is 1.08 bits per heavy atom. The number of allylic oxidation sites excluding steroid dienone is 8. The van der Waals surface area contributed by atoms with Crippen molar-refractivity contribution in [2.75, 3.05) is 19.8 Å². The molecule has 6 atom stereocenters. The minimum atomic E-state index is -1.60. The van der Waals surface area contributed by atoms with Crippen molar-refractivity contribution in [1.82, 2.24) is 0 Å². The third-order valence-electron chi connectivity index (χ3n) is 8.97. The Morgan fingerprint density at radius 1 is 0.596 bits per heavy atom. The number of unbranched alkanes of at least 4 members (excludes halogenated alkanes) is 13. The molecular formula is C42H72O10. The summed E-state index contributed by atoms with van der Waals surface area (Å²) in [4.78, 5) is 25.1. The predicted molar refractivity (Wildman–Crippen MR) is 205 cm³/mol. The summed E-state index contributed by atoms with van der Waals surface area (Å²) in [7, 11) is 0. The lowest BCUT2D eigenvalue weighted by Gasteiger charge is -2.39. The number of carbonyl (C=O) groups is 2. The van der Waals surface area contributed by atoms with E-state index >= 15 is 0 Å². The molecule has 1 rings (SSSR count). The van der Waals surface area contributed by atoms with Gasteiger partial charge in [0.25, 0.3) is 0 Å². The van der Waals surface area contributed by atoms with Crippen molar-refractivity contribution in [3.05, 3.63) is 48.6 Å². The first kappa shape index (κ1) is 47.7. The fraction of sp³-hybridized carbons (Fsp3) is 0.762. The van der Waals surface area contributed by atoms with Gasteiger partial charge in [-0.2, -0.15) is 0 Å². The van der Waals surface area contributed by atoms with Crippen LogP contribution in [0.2, 0.25) is 0 Å². The minimum absolute atomic E-state index is 0.221. The fourth-order valence-electron chi connectivity index (χ4n) is 5.70. The van der Waals surface area contributed by atoms with Crippen LogP contribution in [-0.4, -0.2) is 89.0 Å². The first-order chi connectivity index (χ1) is 25.3. The molecule has 1 aliphatic rings. The van der Waals surface area contributed by atoms with E-state index in [0.29, 0.717) is 12.8 Å². The molecule has 10 heteroatoms. The van der Waals surface area contributed by atoms with Gasteiger partial charge in [0.15, 0.2) is 12.4 Å². The quantitative estimate of drug-likeness (QED) is 0.0307. The number of aliphatic hydroxyl groups excluding tert-OH is 4. The molecule has 0 aromatic rings. The molecule has 1 aliphatic heterocycles. The predicted octanol–water partition coefficient (Wildman–Crippen LogP) is 7.71. The zero-order chi connectivity index (χ0) is 38.1. The van der Waals surface area contributed by atoms with Crippen LogP contribution < -0.4 is 0 Å². The number of hydrogen-bond acceptors (Lipinski definition) is 10. The van der Waals surface area contributed by atoms with Gasteiger partial charge in [0, 0.05) is 12.8 Å². The summed E-state index contributed by atoms with van der Waals surface area (Å²) in [6.07, 6.45) is 29.9. The molecule has 4 N–H and O–H groups in total. The molecule has 10 nitrogen and oxygen atoms in total. The molecule has 1 heterocycles. The van der Waals surface area contributed by atoms with E-state index in [0.717, 1.165) is 57.8 Å². The highest BCUT2D eigenvalue weighted by molar-refractivity contribution is 5.70. The fourth-order valence-corrected chi connectivity index (χ4v) is 5.70. The second-order valence-corrected chi connectivity index (χ2v) is 13.7. The third kappa shape index (κ3) is 24.8. The van der Waals surface area contributed by atoms with E-state index in [2.05, 4.69) is 62.5 Å². The van der Waals surface area contributed by atoms with Gasteiger partial charge in [0.05, 0.1) is 13.2 Å². The van der Waals surface area contributed by atoms with Crippen LogP contribution in [0.5, 0.6) is 0 Å². The summed E-state index contributed by atoms with van der Waals surface area (Å²) in [5, 5.41) is 39.9. The molecule has 0 aromatic heterocycles. The van der Waals surface area contributed by atoms with Crippen molar-refractivity contribution < 1.29 is 49.0 Å². The van der Waals surface area contributed by atoms with Gasteiger partial charge in [0.1, 0.15) is 31.0 Å². The normalized spacial score (nSPS) is 21.5. The molecule has 0 aromatic carbocycles. The molecule has 0 saturated carbocycles. The van der Waals surface area contributed by atoms with Gasteiger partial charge in [-0.25, -0.2) is 0 Å². The molecule has 1 saturated heterocycles. The standard InChI is InChI=1S/C42H72O10/c1-3-5-7-9-11-13-14-15-16-17-18-19-20-21-22-23-25-26-28-30-37(44)49-33-35(51-38(45)31-29-27-24-12-10-8-6-4-2)34-50-42-41(48)40(47)39(46)36(32-43)52-42/h11,13,15-16,18-19,21-22,35-36,39-43,46-48H,3-10,12,14,17,20,23-34H2,1-2H3/b13-11+,16-15+,19-18+,22-21+/t35-,36-,39+,40?,41?,42-/m0/s1. The Hall–Kier alpha value is -2.34. The molecule has 52 heavy (non-hydrogen) atoms. The summed E-state index contributed by atoms with van der Waals surface area (Å²) in [6.45, 7) is 3.30. The summed E-state index contributed by atoms with van der Waals surface area (Å²) in [5.41, 5.74) is 0. The van der Waals surface area contributed by atoms with Gasteiger partial charge in [-0.15, -0.1) is 0 Å². The van der Waals surface area contributed by atoms with Gasteiger partial charge >= 0.3 is 11.9 Å². The van der Waals surface area contributed by atoms with Gasteiger partial charge in [-0.1, -0.05) is 127 Å². The van der Waals surface area contributed by atoms with Crippen LogP contribution in [0.1, 0.15) is 149 Å². The molecule has 0 radical (unpaired) electrons. The lowest BCUT2D eigenvalue weighted by Crippen LogP contribution is -2.59. The molecule has 300 valence electrons. The summed E-state index contributed by atoms with van der Waals surface area (Å²) < 4.78 is 22.0. The van der Waals surface area contributed by atoms with E-state index in [1.54, 1.807) is 0 Å². The van der Waals surface area contributed by atoms with Gasteiger partial charge in [-0.3, -0.25) is 9.59 Å². The summed E-state index contributed by atoms with van der Waals surface area (Å²) >= 11 is 0. The molecule has 2 unspecified atom stereocenters. The van der Waals surface area contributed by atoms with Crippen LogP contribution in [0.3, 0.4) is 0 Å². The van der Waals surface area contributed by atoms with E-state index in [1.165, 1.54) is 51.4 Å². The largest absolute Gasteiger partial charge is 0.462 e. The van der Waals surface area contributed by atoms with E-state index in [-0.39, 0.29) is 26.1 Å². The Balaban J connectivity index is 2.36. The summed E-state index contributed by atoms with van der Waals surface area (Å²) in [6, 6.07) is 0. The van der Waals surface area contributed by atoms with E-state index in [9.17, 15) is 30.0 Å². The van der Waals surface area contributed by atoms with Crippen molar-refractivity contribution in [2.24, 2.45) is 0 Å². The maximum Gasteiger partial charge on any atom is 0.306 e. The average molecular weight is 737 g/mol. The first-order valence-corrected chi connectivity index (χ1v) is 20.2. The molecule has 0 spiro atoms. The Kier molecular flexibility index (Phi) is 30.5.